The number of aliphatic imine (C=N–C) groups is 1. The van der Waals surface area contributed by atoms with Gasteiger partial charge in [0, 0.05) is 31.9 Å². The van der Waals surface area contributed by atoms with Gasteiger partial charge in [0.25, 0.3) is 0 Å². The molecule has 206 valence electrons. The summed E-state index contributed by atoms with van der Waals surface area (Å²) in [5.74, 6) is -1.66. The van der Waals surface area contributed by atoms with Crippen LogP contribution in [0.3, 0.4) is 0 Å². The predicted octanol–water partition coefficient (Wildman–Crippen LogP) is 2.65. The van der Waals surface area contributed by atoms with Gasteiger partial charge >= 0.3 is 5.69 Å². The first kappa shape index (κ1) is 26.8. The van der Waals surface area contributed by atoms with E-state index in [9.17, 15) is 23.9 Å². The summed E-state index contributed by atoms with van der Waals surface area (Å²) < 4.78 is 30.2. The number of pyridine rings is 1. The van der Waals surface area contributed by atoms with Crippen LogP contribution in [0.4, 0.5) is 8.78 Å². The van der Waals surface area contributed by atoms with E-state index < -0.39 is 23.9 Å². The molecule has 4 heterocycles. The number of likely N-dealkylation sites (N-methyl/N-ethyl adjacent to an activating group) is 1. The summed E-state index contributed by atoms with van der Waals surface area (Å²) in [4.78, 5) is 27.5. The molecule has 2 fully saturated rings. The molecule has 0 saturated carbocycles. The van der Waals surface area contributed by atoms with Crippen molar-refractivity contribution in [2.24, 2.45) is 4.99 Å². The topological polar surface area (TPSA) is 126 Å². The molecule has 3 N–H and O–H groups in total. The Kier molecular flexibility index (Phi) is 7.90. The number of benzene rings is 1. The van der Waals surface area contributed by atoms with Crippen LogP contribution in [0.15, 0.2) is 46.3 Å². The maximum Gasteiger partial charge on any atom is 0.327 e. The maximum atomic E-state index is 14.6. The normalized spacial score (nSPS) is 23.5. The highest BCUT2D eigenvalue weighted by molar-refractivity contribution is 5.81. The Morgan fingerprint density at radius 3 is 2.77 bits per heavy atom. The molecule has 1 aromatic carbocycles. The summed E-state index contributed by atoms with van der Waals surface area (Å²) in [5, 5.41) is 23.9. The average Bonchev–Trinajstić information content (AvgIpc) is 3.20. The molecule has 2 saturated heterocycles. The number of hydrogen-bond acceptors (Lipinski definition) is 6. The number of guanidine groups is 1. The molecule has 0 aliphatic carbocycles. The number of nitrogens with zero attached hydrogens (tertiary/aromatic N) is 6. The predicted molar refractivity (Wildman–Crippen MR) is 142 cm³/mol. The van der Waals surface area contributed by atoms with E-state index in [4.69, 9.17) is 0 Å². The van der Waals surface area contributed by atoms with Crippen LogP contribution in [-0.4, -0.2) is 73.8 Å². The summed E-state index contributed by atoms with van der Waals surface area (Å²) in [5.41, 5.74) is 1.42. The fraction of sp³-hybridized carbons (Fsp3) is 0.481. The summed E-state index contributed by atoms with van der Waals surface area (Å²) in [6, 6.07) is 7.36. The van der Waals surface area contributed by atoms with Crippen molar-refractivity contribution < 1.29 is 13.9 Å². The lowest BCUT2D eigenvalue weighted by Gasteiger charge is -2.37. The number of rotatable bonds is 4. The molecule has 1 unspecified atom stereocenters. The molecule has 12 heteroatoms. The van der Waals surface area contributed by atoms with Crippen LogP contribution in [0, 0.1) is 23.1 Å². The van der Waals surface area contributed by atoms with Crippen molar-refractivity contribution in [1.82, 2.24) is 29.7 Å². The fourth-order valence-electron chi connectivity index (χ4n) is 5.88. The Balaban J connectivity index is 1.29. The molecule has 0 amide bonds. The Morgan fingerprint density at radius 2 is 2.03 bits per heavy atom. The third-order valence-electron chi connectivity index (χ3n) is 7.93. The maximum absolute atomic E-state index is 14.6. The molecule has 5 rings (SSSR count). The van der Waals surface area contributed by atoms with Crippen molar-refractivity contribution in [3.8, 4) is 6.19 Å². The molecule has 2 aliphatic rings. The van der Waals surface area contributed by atoms with Crippen LogP contribution in [-0.2, 0) is 0 Å². The monoisotopic (exact) mass is 538 g/mol. The molecule has 10 nitrogen and oxygen atoms in total. The zero-order valence-corrected chi connectivity index (χ0v) is 21.7. The second-order valence-corrected chi connectivity index (χ2v) is 10.1. The van der Waals surface area contributed by atoms with Crippen LogP contribution in [0.25, 0.3) is 11.2 Å². The smallest absolute Gasteiger partial charge is 0.327 e. The first-order valence-corrected chi connectivity index (χ1v) is 13.3. The standard InChI is InChI=1S/C27H32F2N8O2/c1-2-35-15-17(19-5-3-6-20(28)23(19)29)8-9-21(25(35)38)33-26(32-16-30)36-13-10-18(11-14-36)37-22-7-4-12-31-24(22)34-27(37)39/h3-7,12,17-18,21,25,38H,2,8-11,13-15H2,1H3,(H,32,33)(H,31,34,39)/t17-,21-,25?/m1/s1. The summed E-state index contributed by atoms with van der Waals surface area (Å²) in [6.45, 7) is 3.89. The molecule has 2 aliphatic heterocycles. The Bertz CT molecular complexity index is 1440. The molecule has 2 aromatic heterocycles. The van der Waals surface area contributed by atoms with Gasteiger partial charge in [-0.1, -0.05) is 19.1 Å². The number of imidazole rings is 1. The van der Waals surface area contributed by atoms with Crippen LogP contribution >= 0.6 is 0 Å². The minimum Gasteiger partial charge on any atom is -0.376 e. The van der Waals surface area contributed by atoms with Crippen molar-refractivity contribution in [2.45, 2.75) is 56.8 Å². The van der Waals surface area contributed by atoms with Crippen LogP contribution in [0.5, 0.6) is 0 Å². The van der Waals surface area contributed by atoms with Crippen molar-refractivity contribution in [2.75, 3.05) is 26.2 Å². The van der Waals surface area contributed by atoms with Crippen molar-refractivity contribution in [1.29, 1.82) is 5.26 Å². The minimum atomic E-state index is -0.907. The number of aromatic amines is 1. The van der Waals surface area contributed by atoms with Gasteiger partial charge in [-0.05, 0) is 61.9 Å². The Hall–Kier alpha value is -3.82. The van der Waals surface area contributed by atoms with E-state index in [0.717, 1.165) is 11.6 Å². The second-order valence-electron chi connectivity index (χ2n) is 10.1. The number of aliphatic hydroxyl groups excluding tert-OH is 1. The highest BCUT2D eigenvalue weighted by Gasteiger charge is 2.35. The van der Waals surface area contributed by atoms with Gasteiger partial charge < -0.3 is 15.3 Å². The molecular formula is C27H32F2N8O2. The summed E-state index contributed by atoms with van der Waals surface area (Å²) >= 11 is 0. The van der Waals surface area contributed by atoms with E-state index in [0.29, 0.717) is 69.0 Å². The zero-order valence-electron chi connectivity index (χ0n) is 21.7. The highest BCUT2D eigenvalue weighted by atomic mass is 19.2. The van der Waals surface area contributed by atoms with Gasteiger partial charge in [-0.3, -0.25) is 14.5 Å². The minimum absolute atomic E-state index is 0.0315. The number of piperidine rings is 1. The van der Waals surface area contributed by atoms with E-state index in [1.54, 1.807) is 22.9 Å². The average molecular weight is 539 g/mol. The van der Waals surface area contributed by atoms with E-state index in [1.165, 1.54) is 6.07 Å². The lowest BCUT2D eigenvalue weighted by molar-refractivity contribution is -0.0121. The SMILES string of the molecule is CCN1C[C@H](c2cccc(F)c2F)CC[C@@H](N/C(=N/C#N)N2CCC(n3c(=O)[nH]c4ncccc43)CC2)C1O. The van der Waals surface area contributed by atoms with Gasteiger partial charge in [0.15, 0.2) is 17.3 Å². The number of H-pyrrole nitrogens is 1. The molecule has 0 radical (unpaired) electrons. The molecule has 0 spiro atoms. The van der Waals surface area contributed by atoms with Crippen LogP contribution in [0.2, 0.25) is 0 Å². The van der Waals surface area contributed by atoms with Crippen LogP contribution in [0.1, 0.15) is 50.1 Å². The van der Waals surface area contributed by atoms with E-state index >= 15 is 0 Å². The van der Waals surface area contributed by atoms with E-state index in [-0.39, 0.29) is 17.6 Å². The number of hydrogen-bond donors (Lipinski definition) is 3. The van der Waals surface area contributed by atoms with Crippen LogP contribution < -0.4 is 11.0 Å². The van der Waals surface area contributed by atoms with Gasteiger partial charge in [0.1, 0.15) is 6.23 Å². The first-order chi connectivity index (χ1) is 18.9. The number of likely N-dealkylation sites (tertiary alicyclic amines) is 2. The lowest BCUT2D eigenvalue weighted by atomic mass is 9.93. The summed E-state index contributed by atoms with van der Waals surface area (Å²) in [7, 11) is 0. The number of aliphatic hydroxyl groups is 1. The van der Waals surface area contributed by atoms with Gasteiger partial charge in [-0.2, -0.15) is 5.26 Å². The number of aromatic nitrogens is 3. The number of halogens is 2. The second kappa shape index (κ2) is 11.5. The van der Waals surface area contributed by atoms with Gasteiger partial charge in [-0.15, -0.1) is 4.99 Å². The van der Waals surface area contributed by atoms with Crippen molar-refractivity contribution in [3.63, 3.8) is 0 Å². The van der Waals surface area contributed by atoms with Gasteiger partial charge in [0.05, 0.1) is 11.6 Å². The molecule has 39 heavy (non-hydrogen) atoms. The zero-order chi connectivity index (χ0) is 27.5. The molecular weight excluding hydrogens is 506 g/mol. The highest BCUT2D eigenvalue weighted by Crippen LogP contribution is 2.31. The quantitative estimate of drug-likeness (QED) is 0.265. The number of fused-ring (bicyclic) bond motifs is 1. The number of nitriles is 1. The van der Waals surface area contributed by atoms with E-state index in [1.807, 2.05) is 29.0 Å². The largest absolute Gasteiger partial charge is 0.376 e. The third-order valence-corrected chi connectivity index (χ3v) is 7.93. The van der Waals surface area contributed by atoms with Gasteiger partial charge in [-0.25, -0.2) is 18.6 Å². The third kappa shape index (κ3) is 5.37. The summed E-state index contributed by atoms with van der Waals surface area (Å²) in [6.07, 6.45) is 4.89. The molecule has 3 aromatic rings. The molecule has 0 bridgehead atoms. The first-order valence-electron chi connectivity index (χ1n) is 13.3. The molecule has 3 atom stereocenters. The van der Waals surface area contributed by atoms with E-state index in [2.05, 4.69) is 20.3 Å². The van der Waals surface area contributed by atoms with Crippen molar-refractivity contribution in [3.05, 3.63) is 64.2 Å². The lowest BCUT2D eigenvalue weighted by Crippen LogP contribution is -2.55. The fourth-order valence-corrected chi connectivity index (χ4v) is 5.88. The number of nitrogens with one attached hydrogen (secondary N) is 2. The Morgan fingerprint density at radius 1 is 1.23 bits per heavy atom. The van der Waals surface area contributed by atoms with Gasteiger partial charge in [0.2, 0.25) is 12.2 Å². The Labute approximate surface area is 224 Å². The van der Waals surface area contributed by atoms with Crippen molar-refractivity contribution >= 4 is 17.1 Å².